The van der Waals surface area contributed by atoms with Gasteiger partial charge in [-0.15, -0.1) is 5.10 Å². The summed E-state index contributed by atoms with van der Waals surface area (Å²) in [7, 11) is 0. The molecule has 3 aromatic rings. The van der Waals surface area contributed by atoms with Crippen molar-refractivity contribution in [3.8, 4) is 17.0 Å². The summed E-state index contributed by atoms with van der Waals surface area (Å²) in [5.41, 5.74) is 3.21. The average molecular weight is 369 g/mol. The first-order valence-corrected chi connectivity index (χ1v) is 9.58. The second-order valence-corrected chi connectivity index (χ2v) is 6.68. The Labute approximate surface area is 157 Å². The lowest BCUT2D eigenvalue weighted by Gasteiger charge is -2.13. The van der Waals surface area contributed by atoms with Gasteiger partial charge in [-0.1, -0.05) is 34.8 Å². The van der Waals surface area contributed by atoms with E-state index in [1.807, 2.05) is 35.7 Å². The lowest BCUT2D eigenvalue weighted by Crippen LogP contribution is -2.32. The van der Waals surface area contributed by atoms with Gasteiger partial charge in [-0.2, -0.15) is 0 Å². The van der Waals surface area contributed by atoms with E-state index in [-0.39, 0.29) is 6.61 Å². The van der Waals surface area contributed by atoms with E-state index < -0.39 is 6.10 Å². The van der Waals surface area contributed by atoms with E-state index in [0.29, 0.717) is 6.54 Å². The van der Waals surface area contributed by atoms with Crippen molar-refractivity contribution in [1.82, 2.24) is 14.9 Å². The molecule has 0 aliphatic carbocycles. The number of hydrogen-bond donors (Lipinski definition) is 2. The van der Waals surface area contributed by atoms with Crippen LogP contribution in [0.15, 0.2) is 60.0 Å². The normalized spacial score (nSPS) is 12.0. The average Bonchev–Trinajstić information content (AvgIpc) is 3.22. The molecule has 1 unspecified atom stereocenters. The van der Waals surface area contributed by atoms with Crippen LogP contribution < -0.4 is 10.1 Å². The van der Waals surface area contributed by atoms with E-state index in [1.54, 1.807) is 0 Å². The number of ether oxygens (including phenoxy) is 1. The van der Waals surface area contributed by atoms with Gasteiger partial charge in [0.2, 0.25) is 0 Å². The number of aliphatic hydroxyl groups excluding tert-OH is 1. The fourth-order valence-corrected chi connectivity index (χ4v) is 3.06. The summed E-state index contributed by atoms with van der Waals surface area (Å²) >= 11 is 1.33. The molecule has 6 heteroatoms. The molecule has 3 rings (SSSR count). The standard InChI is InChI=1S/C20H23N3O2S/c24-18(13-21-12-4-7-16-5-2-1-3-6-16)14-25-19-10-8-17(9-11-19)20-15-26-23-22-20/h1-3,5-6,8-11,15,18,21,24H,4,7,12-14H2. The van der Waals surface area contributed by atoms with Crippen molar-refractivity contribution in [2.75, 3.05) is 19.7 Å². The number of rotatable bonds is 10. The van der Waals surface area contributed by atoms with Crippen LogP contribution in [0.2, 0.25) is 0 Å². The molecular weight excluding hydrogens is 346 g/mol. The Kier molecular flexibility index (Phi) is 7.13. The smallest absolute Gasteiger partial charge is 0.119 e. The van der Waals surface area contributed by atoms with Crippen molar-refractivity contribution >= 4 is 11.5 Å². The summed E-state index contributed by atoms with van der Waals surface area (Å²) in [6.07, 6.45) is 1.56. The summed E-state index contributed by atoms with van der Waals surface area (Å²) in [5, 5.41) is 19.2. The first kappa shape index (κ1) is 18.5. The Hall–Kier alpha value is -2.28. The lowest BCUT2D eigenvalue weighted by atomic mass is 10.1. The van der Waals surface area contributed by atoms with Crippen LogP contribution in [0.3, 0.4) is 0 Å². The number of aromatic nitrogens is 2. The molecule has 0 aliphatic rings. The number of aryl methyl sites for hydroxylation is 1. The van der Waals surface area contributed by atoms with Crippen LogP contribution in [-0.2, 0) is 6.42 Å². The van der Waals surface area contributed by atoms with Gasteiger partial charge in [-0.25, -0.2) is 0 Å². The maximum atomic E-state index is 10.0. The SMILES string of the molecule is OC(CNCCCc1ccccc1)COc1ccc(-c2csnn2)cc1. The summed E-state index contributed by atoms with van der Waals surface area (Å²) in [6.45, 7) is 1.67. The number of nitrogens with one attached hydrogen (secondary N) is 1. The Morgan fingerprint density at radius 3 is 2.62 bits per heavy atom. The van der Waals surface area contributed by atoms with Crippen LogP contribution in [0.25, 0.3) is 11.3 Å². The lowest BCUT2D eigenvalue weighted by molar-refractivity contribution is 0.106. The predicted octanol–water partition coefficient (Wildman–Crippen LogP) is 3.17. The molecule has 0 fully saturated rings. The minimum absolute atomic E-state index is 0.267. The Morgan fingerprint density at radius 1 is 1.08 bits per heavy atom. The van der Waals surface area contributed by atoms with Crippen molar-refractivity contribution in [2.24, 2.45) is 0 Å². The number of hydrogen-bond acceptors (Lipinski definition) is 6. The predicted molar refractivity (Wildman–Crippen MR) is 104 cm³/mol. The third kappa shape index (κ3) is 5.91. The molecule has 0 bridgehead atoms. The zero-order chi connectivity index (χ0) is 18.0. The van der Waals surface area contributed by atoms with Crippen molar-refractivity contribution in [2.45, 2.75) is 18.9 Å². The summed E-state index contributed by atoms with van der Waals surface area (Å²) in [6, 6.07) is 18.1. The number of benzene rings is 2. The second kappa shape index (κ2) is 10.0. The van der Waals surface area contributed by atoms with Crippen LogP contribution >= 0.6 is 11.5 Å². The van der Waals surface area contributed by atoms with E-state index in [4.69, 9.17) is 4.74 Å². The highest BCUT2D eigenvalue weighted by atomic mass is 32.1. The molecule has 136 valence electrons. The van der Waals surface area contributed by atoms with Gasteiger partial charge in [0.15, 0.2) is 0 Å². The van der Waals surface area contributed by atoms with Crippen LogP contribution in [-0.4, -0.2) is 40.5 Å². The molecule has 0 radical (unpaired) electrons. The Bertz CT molecular complexity index is 748. The minimum Gasteiger partial charge on any atom is -0.491 e. The van der Waals surface area contributed by atoms with Crippen molar-refractivity contribution in [3.63, 3.8) is 0 Å². The topological polar surface area (TPSA) is 67.3 Å². The van der Waals surface area contributed by atoms with Crippen molar-refractivity contribution in [3.05, 3.63) is 65.5 Å². The monoisotopic (exact) mass is 369 g/mol. The molecule has 0 spiro atoms. The van der Waals surface area contributed by atoms with Gasteiger partial charge in [-0.05, 0) is 60.7 Å². The van der Waals surface area contributed by atoms with Crippen LogP contribution in [0, 0.1) is 0 Å². The molecule has 5 nitrogen and oxygen atoms in total. The molecule has 26 heavy (non-hydrogen) atoms. The largest absolute Gasteiger partial charge is 0.491 e. The van der Waals surface area contributed by atoms with Gasteiger partial charge < -0.3 is 15.2 Å². The molecule has 0 saturated heterocycles. The molecule has 0 amide bonds. The Balaban J connectivity index is 1.30. The van der Waals surface area contributed by atoms with Gasteiger partial charge in [0.05, 0.1) is 0 Å². The van der Waals surface area contributed by atoms with Crippen LogP contribution in [0.1, 0.15) is 12.0 Å². The summed E-state index contributed by atoms with van der Waals surface area (Å²) in [5.74, 6) is 0.736. The highest BCUT2D eigenvalue weighted by Crippen LogP contribution is 2.21. The molecule has 2 aromatic carbocycles. The van der Waals surface area contributed by atoms with Gasteiger partial charge in [0.25, 0.3) is 0 Å². The van der Waals surface area contributed by atoms with Gasteiger partial charge in [-0.3, -0.25) is 0 Å². The van der Waals surface area contributed by atoms with E-state index in [0.717, 1.165) is 36.4 Å². The van der Waals surface area contributed by atoms with E-state index in [2.05, 4.69) is 39.2 Å². The minimum atomic E-state index is -0.533. The maximum absolute atomic E-state index is 10.0. The first-order chi connectivity index (χ1) is 12.8. The van der Waals surface area contributed by atoms with E-state index in [9.17, 15) is 5.11 Å². The van der Waals surface area contributed by atoms with Gasteiger partial charge in [0.1, 0.15) is 24.2 Å². The third-order valence-corrected chi connectivity index (χ3v) is 4.50. The van der Waals surface area contributed by atoms with E-state index >= 15 is 0 Å². The van der Waals surface area contributed by atoms with Gasteiger partial charge in [0, 0.05) is 17.5 Å². The molecule has 0 aliphatic heterocycles. The highest BCUT2D eigenvalue weighted by molar-refractivity contribution is 7.03. The van der Waals surface area contributed by atoms with Crippen LogP contribution in [0.5, 0.6) is 5.75 Å². The summed E-state index contributed by atoms with van der Waals surface area (Å²) < 4.78 is 9.50. The van der Waals surface area contributed by atoms with Crippen molar-refractivity contribution < 1.29 is 9.84 Å². The van der Waals surface area contributed by atoms with Crippen molar-refractivity contribution in [1.29, 1.82) is 0 Å². The molecule has 0 saturated carbocycles. The molecule has 1 heterocycles. The molecule has 2 N–H and O–H groups in total. The fraction of sp³-hybridized carbons (Fsp3) is 0.300. The quantitative estimate of drug-likeness (QED) is 0.537. The molecular formula is C20H23N3O2S. The van der Waals surface area contributed by atoms with Crippen LogP contribution in [0.4, 0.5) is 0 Å². The highest BCUT2D eigenvalue weighted by Gasteiger charge is 2.06. The maximum Gasteiger partial charge on any atom is 0.119 e. The number of nitrogens with zero attached hydrogens (tertiary/aromatic N) is 2. The fourth-order valence-electron chi connectivity index (χ4n) is 2.59. The molecule has 1 atom stereocenters. The first-order valence-electron chi connectivity index (χ1n) is 8.74. The van der Waals surface area contributed by atoms with Gasteiger partial charge >= 0.3 is 0 Å². The summed E-state index contributed by atoms with van der Waals surface area (Å²) in [4.78, 5) is 0. The Morgan fingerprint density at radius 2 is 1.88 bits per heavy atom. The zero-order valence-electron chi connectivity index (χ0n) is 14.5. The number of aliphatic hydroxyl groups is 1. The second-order valence-electron chi connectivity index (χ2n) is 6.07. The third-order valence-electron chi connectivity index (χ3n) is 3.99. The van der Waals surface area contributed by atoms with E-state index in [1.165, 1.54) is 17.1 Å². The zero-order valence-corrected chi connectivity index (χ0v) is 15.4. The molecule has 1 aromatic heterocycles.